The van der Waals surface area contributed by atoms with Crippen LogP contribution in [0.3, 0.4) is 0 Å². The van der Waals surface area contributed by atoms with Crippen LogP contribution in [0.15, 0.2) is 30.6 Å². The Morgan fingerprint density at radius 3 is 2.67 bits per heavy atom. The van der Waals surface area contributed by atoms with Crippen LogP contribution in [0.4, 0.5) is 5.69 Å². The normalized spacial score (nSPS) is 10.5. The van der Waals surface area contributed by atoms with Gasteiger partial charge in [-0.25, -0.2) is 4.68 Å². The molecule has 0 aliphatic carbocycles. The van der Waals surface area contributed by atoms with Gasteiger partial charge in [0.25, 0.3) is 0 Å². The average Bonchev–Trinajstić information content (AvgIpc) is 2.97. The highest BCUT2D eigenvalue weighted by atomic mass is 16.5. The molecular weight excluding hydrogens is 310 g/mol. The topological polar surface area (TPSA) is 74.6 Å². The number of nitrogens with one attached hydrogen (secondary N) is 1. The van der Waals surface area contributed by atoms with E-state index in [9.17, 15) is 4.79 Å². The maximum atomic E-state index is 12.2. The number of hydrogen-bond donors (Lipinski definition) is 1. The molecule has 0 saturated heterocycles. The molecule has 0 spiro atoms. The zero-order chi connectivity index (χ0) is 17.4. The predicted molar refractivity (Wildman–Crippen MR) is 90.3 cm³/mol. The minimum Gasteiger partial charge on any atom is -0.490 e. The van der Waals surface area contributed by atoms with Gasteiger partial charge < -0.3 is 19.5 Å². The lowest BCUT2D eigenvalue weighted by molar-refractivity contribution is -0.115. The number of nitrogens with zero attached hydrogens (tertiary/aromatic N) is 2. The molecule has 7 nitrogen and oxygen atoms in total. The molecule has 0 saturated carbocycles. The SMILES string of the molecule is CCOc1ccc(CC(=O)Nc2cnn(COC)c2)cc1OCC. The third-order valence-corrected chi connectivity index (χ3v) is 3.15. The van der Waals surface area contributed by atoms with Gasteiger partial charge in [-0.15, -0.1) is 0 Å². The van der Waals surface area contributed by atoms with Crippen molar-refractivity contribution in [2.75, 3.05) is 25.6 Å². The standard InChI is InChI=1S/C17H23N3O4/c1-4-23-15-7-6-13(8-16(15)24-5-2)9-17(21)19-14-10-18-20(11-14)12-22-3/h6-8,10-11H,4-5,9,12H2,1-3H3,(H,19,21). The van der Waals surface area contributed by atoms with Gasteiger partial charge in [0, 0.05) is 7.11 Å². The molecule has 0 radical (unpaired) electrons. The summed E-state index contributed by atoms with van der Waals surface area (Å²) < 4.78 is 17.7. The summed E-state index contributed by atoms with van der Waals surface area (Å²) >= 11 is 0. The van der Waals surface area contributed by atoms with E-state index in [1.54, 1.807) is 24.2 Å². The molecule has 1 heterocycles. The molecule has 1 N–H and O–H groups in total. The van der Waals surface area contributed by atoms with E-state index in [0.717, 1.165) is 5.56 Å². The molecule has 0 aliphatic heterocycles. The zero-order valence-corrected chi connectivity index (χ0v) is 14.2. The highest BCUT2D eigenvalue weighted by Gasteiger charge is 2.10. The van der Waals surface area contributed by atoms with Crippen molar-refractivity contribution in [2.45, 2.75) is 27.0 Å². The summed E-state index contributed by atoms with van der Waals surface area (Å²) in [7, 11) is 1.59. The Morgan fingerprint density at radius 2 is 1.96 bits per heavy atom. The van der Waals surface area contributed by atoms with E-state index in [2.05, 4.69) is 10.4 Å². The van der Waals surface area contributed by atoms with Crippen LogP contribution in [0.1, 0.15) is 19.4 Å². The molecule has 0 unspecified atom stereocenters. The van der Waals surface area contributed by atoms with Gasteiger partial charge >= 0.3 is 0 Å². The molecule has 2 rings (SSSR count). The van der Waals surface area contributed by atoms with Crippen molar-refractivity contribution in [3.05, 3.63) is 36.2 Å². The van der Waals surface area contributed by atoms with Gasteiger partial charge in [-0.2, -0.15) is 5.10 Å². The monoisotopic (exact) mass is 333 g/mol. The number of ether oxygens (including phenoxy) is 3. The molecular formula is C17H23N3O4. The first kappa shape index (κ1) is 17.8. The number of carbonyl (C=O) groups excluding carboxylic acids is 1. The van der Waals surface area contributed by atoms with Crippen LogP contribution in [0.5, 0.6) is 11.5 Å². The first-order chi connectivity index (χ1) is 11.7. The summed E-state index contributed by atoms with van der Waals surface area (Å²) in [5.74, 6) is 1.21. The number of carbonyl (C=O) groups is 1. The van der Waals surface area contributed by atoms with Crippen molar-refractivity contribution < 1.29 is 19.0 Å². The number of amides is 1. The van der Waals surface area contributed by atoms with Crippen molar-refractivity contribution in [3.63, 3.8) is 0 Å². The van der Waals surface area contributed by atoms with Crippen LogP contribution in [0.25, 0.3) is 0 Å². The molecule has 0 bridgehead atoms. The second kappa shape index (κ2) is 8.93. The van der Waals surface area contributed by atoms with Gasteiger partial charge in [-0.1, -0.05) is 6.07 Å². The predicted octanol–water partition coefficient (Wildman–Crippen LogP) is 2.47. The third kappa shape index (κ3) is 4.99. The number of methoxy groups -OCH3 is 1. The van der Waals surface area contributed by atoms with Gasteiger partial charge in [0.1, 0.15) is 6.73 Å². The van der Waals surface area contributed by atoms with Crippen LogP contribution in [-0.2, 0) is 22.7 Å². The number of anilines is 1. The Labute approximate surface area is 141 Å². The fraction of sp³-hybridized carbons (Fsp3) is 0.412. The Hall–Kier alpha value is -2.54. The smallest absolute Gasteiger partial charge is 0.228 e. The van der Waals surface area contributed by atoms with E-state index >= 15 is 0 Å². The minimum absolute atomic E-state index is 0.126. The van der Waals surface area contributed by atoms with Gasteiger partial charge in [-0.05, 0) is 31.5 Å². The average molecular weight is 333 g/mol. The number of rotatable bonds is 9. The number of benzene rings is 1. The van der Waals surface area contributed by atoms with Gasteiger partial charge in [0.15, 0.2) is 11.5 Å². The summed E-state index contributed by atoms with van der Waals surface area (Å²) in [6.45, 7) is 5.26. The summed E-state index contributed by atoms with van der Waals surface area (Å²) in [4.78, 5) is 12.2. The fourth-order valence-electron chi connectivity index (χ4n) is 2.23. The van der Waals surface area contributed by atoms with Gasteiger partial charge in [0.05, 0.1) is 37.7 Å². The van der Waals surface area contributed by atoms with Crippen LogP contribution in [0.2, 0.25) is 0 Å². The Bertz CT molecular complexity index is 670. The Morgan fingerprint density at radius 1 is 1.21 bits per heavy atom. The Balaban J connectivity index is 2.00. The largest absolute Gasteiger partial charge is 0.490 e. The van der Waals surface area contributed by atoms with Crippen LogP contribution in [-0.4, -0.2) is 36.0 Å². The molecule has 0 atom stereocenters. The van der Waals surface area contributed by atoms with E-state index < -0.39 is 0 Å². The number of hydrogen-bond acceptors (Lipinski definition) is 5. The molecule has 0 fully saturated rings. The molecule has 1 aromatic heterocycles. The molecule has 130 valence electrons. The maximum Gasteiger partial charge on any atom is 0.228 e. The highest BCUT2D eigenvalue weighted by molar-refractivity contribution is 5.92. The first-order valence-corrected chi connectivity index (χ1v) is 7.86. The quantitative estimate of drug-likeness (QED) is 0.763. The van der Waals surface area contributed by atoms with Crippen molar-refractivity contribution in [1.29, 1.82) is 0 Å². The van der Waals surface area contributed by atoms with Crippen molar-refractivity contribution >= 4 is 11.6 Å². The first-order valence-electron chi connectivity index (χ1n) is 7.86. The van der Waals surface area contributed by atoms with E-state index in [4.69, 9.17) is 14.2 Å². The van der Waals surface area contributed by atoms with Crippen LogP contribution < -0.4 is 14.8 Å². The summed E-state index contributed by atoms with van der Waals surface area (Å²) in [5.41, 5.74) is 1.48. The second-order valence-electron chi connectivity index (χ2n) is 5.06. The fourth-order valence-corrected chi connectivity index (χ4v) is 2.23. The summed E-state index contributed by atoms with van der Waals surface area (Å²) in [5, 5.41) is 6.89. The number of aromatic nitrogens is 2. The third-order valence-electron chi connectivity index (χ3n) is 3.15. The minimum atomic E-state index is -0.126. The maximum absolute atomic E-state index is 12.2. The van der Waals surface area contributed by atoms with E-state index in [0.29, 0.717) is 37.1 Å². The molecule has 24 heavy (non-hydrogen) atoms. The van der Waals surface area contributed by atoms with Crippen molar-refractivity contribution in [3.8, 4) is 11.5 Å². The van der Waals surface area contributed by atoms with E-state index in [1.807, 2.05) is 32.0 Å². The lowest BCUT2D eigenvalue weighted by Crippen LogP contribution is -2.14. The van der Waals surface area contributed by atoms with Crippen molar-refractivity contribution in [1.82, 2.24) is 9.78 Å². The zero-order valence-electron chi connectivity index (χ0n) is 14.2. The molecule has 0 aliphatic rings. The summed E-state index contributed by atoms with van der Waals surface area (Å²) in [6, 6.07) is 5.53. The van der Waals surface area contributed by atoms with Crippen LogP contribution in [0, 0.1) is 0 Å². The van der Waals surface area contributed by atoms with Gasteiger partial charge in [-0.3, -0.25) is 4.79 Å². The van der Waals surface area contributed by atoms with E-state index in [1.165, 1.54) is 0 Å². The summed E-state index contributed by atoms with van der Waals surface area (Å²) in [6.07, 6.45) is 3.54. The van der Waals surface area contributed by atoms with Crippen molar-refractivity contribution in [2.24, 2.45) is 0 Å². The molecule has 1 amide bonds. The lowest BCUT2D eigenvalue weighted by atomic mass is 10.1. The lowest BCUT2D eigenvalue weighted by Gasteiger charge is -2.12. The van der Waals surface area contributed by atoms with Crippen LogP contribution >= 0.6 is 0 Å². The second-order valence-corrected chi connectivity index (χ2v) is 5.06. The molecule has 2 aromatic rings. The highest BCUT2D eigenvalue weighted by Crippen LogP contribution is 2.28. The van der Waals surface area contributed by atoms with Gasteiger partial charge in [0.2, 0.25) is 5.91 Å². The molecule has 1 aromatic carbocycles. The molecule has 7 heteroatoms. The Kier molecular flexibility index (Phi) is 6.62. The van der Waals surface area contributed by atoms with E-state index in [-0.39, 0.29) is 12.3 Å².